The average molecular weight is 403 g/mol. The maximum Gasteiger partial charge on any atom is 0.451 e. The molecule has 0 aliphatic carbocycles. The van der Waals surface area contributed by atoms with E-state index in [0.717, 1.165) is 0 Å². The van der Waals surface area contributed by atoms with Crippen LogP contribution < -0.4 is 5.32 Å². The minimum atomic E-state index is -5.13. The molecule has 2 rings (SSSR count). The Kier molecular flexibility index (Phi) is 5.08. The van der Waals surface area contributed by atoms with Crippen LogP contribution in [0.1, 0.15) is 27.3 Å². The number of hydrogen-bond acceptors (Lipinski definition) is 3. The van der Waals surface area contributed by atoms with Gasteiger partial charge in [0, 0.05) is 18.1 Å². The Bertz CT molecular complexity index is 807. The van der Waals surface area contributed by atoms with Crippen molar-refractivity contribution in [3.05, 3.63) is 53.1 Å². The van der Waals surface area contributed by atoms with Crippen molar-refractivity contribution in [1.29, 1.82) is 0 Å². The van der Waals surface area contributed by atoms with Crippen LogP contribution in [0.25, 0.3) is 0 Å². The number of nitrogens with one attached hydrogen (secondary N) is 1. The van der Waals surface area contributed by atoms with Gasteiger partial charge in [0.05, 0.1) is 16.7 Å². The molecule has 1 heterocycles. The molecule has 1 N–H and O–H groups in total. The van der Waals surface area contributed by atoms with E-state index < -0.39 is 52.6 Å². The van der Waals surface area contributed by atoms with Gasteiger partial charge in [-0.15, -0.1) is 0 Å². The molecule has 0 atom stereocenters. The zero-order chi connectivity index (χ0) is 20.6. The molecule has 13 heteroatoms. The number of amides is 1. The SMILES string of the molecule is O=C(Nc1cc(C(F)(F)F)cc(C(F)(F)F)c1)c1cnc(C(F)(F)F)nc1. The summed E-state index contributed by atoms with van der Waals surface area (Å²) in [5.74, 6) is -2.87. The lowest BCUT2D eigenvalue weighted by atomic mass is 10.1. The molecule has 0 saturated carbocycles. The number of hydrogen-bond donors (Lipinski definition) is 1. The normalized spacial score (nSPS) is 12.8. The molecule has 0 aliphatic heterocycles. The van der Waals surface area contributed by atoms with Gasteiger partial charge in [-0.3, -0.25) is 4.79 Å². The van der Waals surface area contributed by atoms with Gasteiger partial charge in [-0.25, -0.2) is 9.97 Å². The second kappa shape index (κ2) is 6.70. The van der Waals surface area contributed by atoms with Crippen molar-refractivity contribution in [1.82, 2.24) is 9.97 Å². The Morgan fingerprint density at radius 1 is 0.741 bits per heavy atom. The third kappa shape index (κ3) is 5.08. The molecule has 1 aromatic carbocycles. The highest BCUT2D eigenvalue weighted by Gasteiger charge is 2.37. The molecule has 0 aliphatic rings. The van der Waals surface area contributed by atoms with Gasteiger partial charge in [-0.05, 0) is 18.2 Å². The van der Waals surface area contributed by atoms with Gasteiger partial charge < -0.3 is 5.32 Å². The molecule has 0 radical (unpaired) electrons. The van der Waals surface area contributed by atoms with Gasteiger partial charge in [0.2, 0.25) is 5.82 Å². The van der Waals surface area contributed by atoms with Crippen LogP contribution in [0.2, 0.25) is 0 Å². The highest BCUT2D eigenvalue weighted by atomic mass is 19.4. The Morgan fingerprint density at radius 3 is 1.56 bits per heavy atom. The van der Waals surface area contributed by atoms with Crippen molar-refractivity contribution in [2.24, 2.45) is 0 Å². The van der Waals surface area contributed by atoms with Crippen LogP contribution in [0.5, 0.6) is 0 Å². The van der Waals surface area contributed by atoms with Crippen LogP contribution in [0, 0.1) is 0 Å². The number of carbonyl (C=O) groups excluding carboxylic acids is 1. The van der Waals surface area contributed by atoms with E-state index in [0.29, 0.717) is 12.4 Å². The average Bonchev–Trinajstić information content (AvgIpc) is 2.52. The van der Waals surface area contributed by atoms with Crippen molar-refractivity contribution in [3.8, 4) is 0 Å². The Balaban J connectivity index is 2.34. The zero-order valence-corrected chi connectivity index (χ0v) is 12.6. The second-order valence-electron chi connectivity index (χ2n) is 5.04. The van der Waals surface area contributed by atoms with Gasteiger partial charge in [-0.1, -0.05) is 0 Å². The van der Waals surface area contributed by atoms with Crippen LogP contribution in [0.3, 0.4) is 0 Å². The number of alkyl halides is 9. The van der Waals surface area contributed by atoms with Crippen molar-refractivity contribution >= 4 is 11.6 Å². The summed E-state index contributed by atoms with van der Waals surface area (Å²) in [6.07, 6.45) is -14.3. The first-order valence-electron chi connectivity index (χ1n) is 6.68. The standard InChI is InChI=1S/C14H6F9N3O/c15-12(16,17)7-1-8(13(18,19)20)3-9(2-7)26-10(27)6-4-24-11(25-5-6)14(21,22)23/h1-5H,(H,26,27). The van der Waals surface area contributed by atoms with Crippen molar-refractivity contribution < 1.29 is 44.3 Å². The number of anilines is 1. The lowest BCUT2D eigenvalue weighted by molar-refractivity contribution is -0.145. The van der Waals surface area contributed by atoms with Crippen molar-refractivity contribution in [3.63, 3.8) is 0 Å². The van der Waals surface area contributed by atoms with E-state index in [1.807, 2.05) is 0 Å². The maximum absolute atomic E-state index is 12.7. The Hall–Kier alpha value is -2.86. The lowest BCUT2D eigenvalue weighted by Gasteiger charge is -2.14. The fraction of sp³-hybridized carbons (Fsp3) is 0.214. The monoisotopic (exact) mass is 403 g/mol. The van der Waals surface area contributed by atoms with E-state index in [9.17, 15) is 44.3 Å². The number of rotatable bonds is 2. The molecule has 0 fully saturated rings. The van der Waals surface area contributed by atoms with Gasteiger partial charge in [0.1, 0.15) is 0 Å². The number of benzene rings is 1. The lowest BCUT2D eigenvalue weighted by Crippen LogP contribution is -2.17. The second-order valence-corrected chi connectivity index (χ2v) is 5.04. The van der Waals surface area contributed by atoms with Gasteiger partial charge in [0.25, 0.3) is 5.91 Å². The first kappa shape index (κ1) is 20.5. The maximum atomic E-state index is 12.7. The third-order valence-electron chi connectivity index (χ3n) is 3.01. The van der Waals surface area contributed by atoms with Crippen LogP contribution in [-0.4, -0.2) is 15.9 Å². The van der Waals surface area contributed by atoms with Crippen LogP contribution >= 0.6 is 0 Å². The molecule has 0 spiro atoms. The molecule has 1 amide bonds. The molecular formula is C14H6F9N3O. The molecule has 0 bridgehead atoms. The highest BCUT2D eigenvalue weighted by molar-refractivity contribution is 6.03. The first-order chi connectivity index (χ1) is 12.2. The molecule has 146 valence electrons. The molecule has 1 aromatic heterocycles. The van der Waals surface area contributed by atoms with E-state index in [1.165, 1.54) is 0 Å². The van der Waals surface area contributed by atoms with E-state index >= 15 is 0 Å². The summed E-state index contributed by atoms with van der Waals surface area (Å²) in [6, 6.07) is 0.354. The molecule has 2 aromatic rings. The summed E-state index contributed by atoms with van der Waals surface area (Å²) in [4.78, 5) is 17.6. The highest BCUT2D eigenvalue weighted by Crippen LogP contribution is 2.37. The summed E-state index contributed by atoms with van der Waals surface area (Å²) in [5, 5.41) is 1.74. The Labute approximate surface area is 144 Å². The summed E-state index contributed by atoms with van der Waals surface area (Å²) in [7, 11) is 0. The van der Waals surface area contributed by atoms with E-state index in [1.54, 1.807) is 5.32 Å². The van der Waals surface area contributed by atoms with Crippen LogP contribution in [0.15, 0.2) is 30.6 Å². The molecule has 4 nitrogen and oxygen atoms in total. The quantitative estimate of drug-likeness (QED) is 0.734. The topological polar surface area (TPSA) is 54.9 Å². The van der Waals surface area contributed by atoms with Crippen LogP contribution in [-0.2, 0) is 18.5 Å². The van der Waals surface area contributed by atoms with Crippen LogP contribution in [0.4, 0.5) is 45.2 Å². The molecule has 27 heavy (non-hydrogen) atoms. The minimum absolute atomic E-state index is 0.142. The van der Waals surface area contributed by atoms with Gasteiger partial charge >= 0.3 is 18.5 Å². The van der Waals surface area contributed by atoms with Crippen molar-refractivity contribution in [2.45, 2.75) is 18.5 Å². The number of carbonyl (C=O) groups is 1. The Morgan fingerprint density at radius 2 is 1.19 bits per heavy atom. The summed E-state index contributed by atoms with van der Waals surface area (Å²) in [5.41, 5.74) is -4.80. The zero-order valence-electron chi connectivity index (χ0n) is 12.6. The number of halogens is 9. The summed E-state index contributed by atoms with van der Waals surface area (Å²) < 4.78 is 113. The predicted molar refractivity (Wildman–Crippen MR) is 71.4 cm³/mol. The fourth-order valence-corrected chi connectivity index (χ4v) is 1.82. The van der Waals surface area contributed by atoms with Gasteiger partial charge in [-0.2, -0.15) is 39.5 Å². The summed E-state index contributed by atoms with van der Waals surface area (Å²) >= 11 is 0. The largest absolute Gasteiger partial charge is 0.451 e. The number of nitrogens with zero attached hydrogens (tertiary/aromatic N) is 2. The molecule has 0 unspecified atom stereocenters. The minimum Gasteiger partial charge on any atom is -0.322 e. The smallest absolute Gasteiger partial charge is 0.322 e. The summed E-state index contributed by atoms with van der Waals surface area (Å²) in [6.45, 7) is 0. The fourth-order valence-electron chi connectivity index (χ4n) is 1.82. The molecule has 0 saturated heterocycles. The third-order valence-corrected chi connectivity index (χ3v) is 3.01. The van der Waals surface area contributed by atoms with Gasteiger partial charge in [0.15, 0.2) is 0 Å². The molecular weight excluding hydrogens is 397 g/mol. The van der Waals surface area contributed by atoms with E-state index in [-0.39, 0.29) is 18.2 Å². The number of aromatic nitrogens is 2. The van der Waals surface area contributed by atoms with E-state index in [2.05, 4.69) is 9.97 Å². The first-order valence-corrected chi connectivity index (χ1v) is 6.68. The predicted octanol–water partition coefficient (Wildman–Crippen LogP) is 4.79. The van der Waals surface area contributed by atoms with E-state index in [4.69, 9.17) is 0 Å². The van der Waals surface area contributed by atoms with Crippen molar-refractivity contribution in [2.75, 3.05) is 5.32 Å².